The van der Waals surface area contributed by atoms with Gasteiger partial charge in [-0.05, 0) is 13.0 Å². The summed E-state index contributed by atoms with van der Waals surface area (Å²) in [6.07, 6.45) is 0. The third-order valence-electron chi connectivity index (χ3n) is 2.04. The summed E-state index contributed by atoms with van der Waals surface area (Å²) in [6, 6.07) is 1.55. The maximum Gasteiger partial charge on any atom is 0.357 e. The van der Waals surface area contributed by atoms with Crippen molar-refractivity contribution in [3.63, 3.8) is 0 Å². The molecule has 5 nitrogen and oxygen atoms in total. The molecule has 0 fully saturated rings. The minimum absolute atomic E-state index is 0. The lowest BCUT2D eigenvalue weighted by atomic mass is 9.91. The first-order chi connectivity index (χ1) is 7.34. The Morgan fingerprint density at radius 1 is 1.47 bits per heavy atom. The van der Waals surface area contributed by atoms with Gasteiger partial charge in [-0.2, -0.15) is 4.98 Å². The Morgan fingerprint density at radius 2 is 2.06 bits per heavy atom. The van der Waals surface area contributed by atoms with Crippen molar-refractivity contribution < 1.29 is 9.53 Å². The van der Waals surface area contributed by atoms with Gasteiger partial charge in [0.25, 0.3) is 0 Å². The van der Waals surface area contributed by atoms with Gasteiger partial charge in [-0.25, -0.2) is 9.59 Å². The molecule has 1 aromatic rings. The van der Waals surface area contributed by atoms with Gasteiger partial charge >= 0.3 is 11.7 Å². The minimum Gasteiger partial charge on any atom is -0.461 e. The Kier molecular flexibility index (Phi) is 5.35. The fourth-order valence-corrected chi connectivity index (χ4v) is 1.17. The Bertz CT molecular complexity index is 449. The molecule has 0 atom stereocenters. The van der Waals surface area contributed by atoms with Crippen LogP contribution in [0.2, 0.25) is 0 Å². The molecule has 1 heterocycles. The van der Waals surface area contributed by atoms with Crippen molar-refractivity contribution in [1.82, 2.24) is 9.97 Å². The van der Waals surface area contributed by atoms with Crippen LogP contribution in [0.25, 0.3) is 0 Å². The fourth-order valence-electron chi connectivity index (χ4n) is 1.17. The minimum atomic E-state index is -0.570. The molecule has 0 aromatic carbocycles. The molecule has 0 unspecified atom stereocenters. The van der Waals surface area contributed by atoms with E-state index in [2.05, 4.69) is 9.97 Å². The van der Waals surface area contributed by atoms with E-state index in [9.17, 15) is 9.59 Å². The van der Waals surface area contributed by atoms with Crippen LogP contribution in [0.3, 0.4) is 0 Å². The topological polar surface area (TPSA) is 72.1 Å². The van der Waals surface area contributed by atoms with Gasteiger partial charge in [0.05, 0.1) is 6.61 Å². The van der Waals surface area contributed by atoms with Gasteiger partial charge in [0.2, 0.25) is 0 Å². The maximum absolute atomic E-state index is 11.4. The normalized spacial score (nSPS) is 10.6. The van der Waals surface area contributed by atoms with E-state index in [1.807, 2.05) is 20.8 Å². The van der Waals surface area contributed by atoms with Crippen molar-refractivity contribution in [2.24, 2.45) is 0 Å². The molecule has 1 N–H and O–H groups in total. The molecule has 1 aromatic heterocycles. The predicted octanol–water partition coefficient (Wildman–Crippen LogP) is 1.67. The summed E-state index contributed by atoms with van der Waals surface area (Å²) in [5.74, 6) is -0.570. The lowest BCUT2D eigenvalue weighted by Gasteiger charge is -2.18. The highest BCUT2D eigenvalue weighted by atomic mass is 35.5. The van der Waals surface area contributed by atoms with Crippen molar-refractivity contribution in [1.29, 1.82) is 0 Å². The summed E-state index contributed by atoms with van der Waals surface area (Å²) < 4.78 is 4.80. The number of carbonyl (C=O) groups excluding carboxylic acids is 1. The van der Waals surface area contributed by atoms with Crippen LogP contribution >= 0.6 is 12.4 Å². The number of ether oxygens (including phenoxy) is 1. The number of carbonyl (C=O) groups is 1. The van der Waals surface area contributed by atoms with E-state index in [0.717, 1.165) is 0 Å². The van der Waals surface area contributed by atoms with Gasteiger partial charge in [0.1, 0.15) is 0 Å². The van der Waals surface area contributed by atoms with Crippen molar-refractivity contribution in [3.05, 3.63) is 27.9 Å². The SMILES string of the molecule is CCOC(=O)c1cc(C(C)(C)C)[nH]c(=O)n1.Cl. The fraction of sp³-hybridized carbons (Fsp3) is 0.545. The largest absolute Gasteiger partial charge is 0.461 e. The molecule has 0 saturated heterocycles. The molecule has 0 spiro atoms. The number of halogens is 1. The standard InChI is InChI=1S/C11H16N2O3.ClH/c1-5-16-9(14)7-6-8(11(2,3)4)13-10(15)12-7;/h6H,5H2,1-4H3,(H,12,13,15);1H. The number of hydrogen-bond donors (Lipinski definition) is 1. The van der Waals surface area contributed by atoms with Crippen molar-refractivity contribution in [3.8, 4) is 0 Å². The molecular formula is C11H17ClN2O3. The third kappa shape index (κ3) is 4.19. The first kappa shape index (κ1) is 15.6. The molecule has 0 aliphatic carbocycles. The van der Waals surface area contributed by atoms with E-state index in [1.165, 1.54) is 0 Å². The molecule has 0 bridgehead atoms. The number of H-pyrrole nitrogens is 1. The van der Waals surface area contributed by atoms with Crippen LogP contribution < -0.4 is 5.69 Å². The number of nitrogens with one attached hydrogen (secondary N) is 1. The Labute approximate surface area is 106 Å². The van der Waals surface area contributed by atoms with Crippen LogP contribution in [-0.2, 0) is 10.2 Å². The highest BCUT2D eigenvalue weighted by Gasteiger charge is 2.19. The summed E-state index contributed by atoms with van der Waals surface area (Å²) in [5.41, 5.74) is -0.0647. The number of nitrogens with zero attached hydrogens (tertiary/aromatic N) is 1. The maximum atomic E-state index is 11.4. The smallest absolute Gasteiger partial charge is 0.357 e. The van der Waals surface area contributed by atoms with Gasteiger partial charge in [-0.1, -0.05) is 20.8 Å². The third-order valence-corrected chi connectivity index (χ3v) is 2.04. The van der Waals surface area contributed by atoms with Crippen LogP contribution in [0.4, 0.5) is 0 Å². The quantitative estimate of drug-likeness (QED) is 0.821. The van der Waals surface area contributed by atoms with Gasteiger partial charge in [-0.3, -0.25) is 0 Å². The second-order valence-corrected chi connectivity index (χ2v) is 4.46. The van der Waals surface area contributed by atoms with Crippen LogP contribution in [0.5, 0.6) is 0 Å². The summed E-state index contributed by atoms with van der Waals surface area (Å²) in [5, 5.41) is 0. The van der Waals surface area contributed by atoms with E-state index < -0.39 is 11.7 Å². The zero-order chi connectivity index (χ0) is 12.3. The number of esters is 1. The summed E-state index contributed by atoms with van der Waals surface area (Å²) in [6.45, 7) is 7.78. The van der Waals surface area contributed by atoms with Crippen LogP contribution in [0, 0.1) is 0 Å². The first-order valence-electron chi connectivity index (χ1n) is 5.13. The number of aromatic amines is 1. The first-order valence-corrected chi connectivity index (χ1v) is 5.13. The molecule has 6 heteroatoms. The molecule has 0 aliphatic heterocycles. The molecular weight excluding hydrogens is 244 g/mol. The van der Waals surface area contributed by atoms with E-state index in [-0.39, 0.29) is 30.1 Å². The van der Waals surface area contributed by atoms with E-state index in [1.54, 1.807) is 13.0 Å². The van der Waals surface area contributed by atoms with E-state index in [0.29, 0.717) is 5.69 Å². The Morgan fingerprint density at radius 3 is 2.53 bits per heavy atom. The second kappa shape index (κ2) is 5.82. The summed E-state index contributed by atoms with van der Waals surface area (Å²) in [4.78, 5) is 28.9. The van der Waals surface area contributed by atoms with E-state index in [4.69, 9.17) is 4.74 Å². The average molecular weight is 261 g/mol. The van der Waals surface area contributed by atoms with Gasteiger partial charge in [-0.15, -0.1) is 12.4 Å². The Balaban J connectivity index is 0.00000256. The number of aromatic nitrogens is 2. The van der Waals surface area contributed by atoms with Crippen LogP contribution in [0.1, 0.15) is 43.9 Å². The van der Waals surface area contributed by atoms with Crippen LogP contribution in [0.15, 0.2) is 10.9 Å². The van der Waals surface area contributed by atoms with Crippen LogP contribution in [-0.4, -0.2) is 22.5 Å². The zero-order valence-electron chi connectivity index (χ0n) is 10.4. The average Bonchev–Trinajstić information content (AvgIpc) is 2.16. The molecule has 0 amide bonds. The molecule has 0 saturated carbocycles. The molecule has 96 valence electrons. The van der Waals surface area contributed by atoms with Crippen molar-refractivity contribution in [2.45, 2.75) is 33.1 Å². The predicted molar refractivity (Wildman–Crippen MR) is 66.8 cm³/mol. The lowest BCUT2D eigenvalue weighted by molar-refractivity contribution is 0.0518. The monoisotopic (exact) mass is 260 g/mol. The van der Waals surface area contributed by atoms with Crippen molar-refractivity contribution >= 4 is 18.4 Å². The summed E-state index contributed by atoms with van der Waals surface area (Å²) >= 11 is 0. The highest BCUT2D eigenvalue weighted by Crippen LogP contribution is 2.18. The zero-order valence-corrected chi connectivity index (χ0v) is 11.2. The van der Waals surface area contributed by atoms with Crippen molar-refractivity contribution in [2.75, 3.05) is 6.61 Å². The number of hydrogen-bond acceptors (Lipinski definition) is 4. The van der Waals surface area contributed by atoms with E-state index >= 15 is 0 Å². The molecule has 1 rings (SSSR count). The second-order valence-electron chi connectivity index (χ2n) is 4.46. The molecule has 0 aliphatic rings. The van der Waals surface area contributed by atoms with Gasteiger partial charge in [0.15, 0.2) is 5.69 Å². The molecule has 0 radical (unpaired) electrons. The highest BCUT2D eigenvalue weighted by molar-refractivity contribution is 5.87. The lowest BCUT2D eigenvalue weighted by Crippen LogP contribution is -2.24. The Hall–Kier alpha value is -1.36. The number of rotatable bonds is 2. The van der Waals surface area contributed by atoms with Gasteiger partial charge < -0.3 is 9.72 Å². The van der Waals surface area contributed by atoms with Gasteiger partial charge in [0, 0.05) is 11.1 Å². The summed E-state index contributed by atoms with van der Waals surface area (Å²) in [7, 11) is 0. The molecule has 17 heavy (non-hydrogen) atoms.